The Bertz CT molecular complexity index is 414. The zero-order valence-electron chi connectivity index (χ0n) is 13.1. The lowest BCUT2D eigenvalue weighted by Crippen LogP contribution is -2.36. The molecule has 112 valence electrons. The van der Waals surface area contributed by atoms with Gasteiger partial charge in [-0.25, -0.2) is 0 Å². The molecule has 1 rings (SSSR count). The Kier molecular flexibility index (Phi) is 6.52. The molecule has 1 aromatic rings. The number of rotatable bonds is 7. The van der Waals surface area contributed by atoms with E-state index >= 15 is 0 Å². The van der Waals surface area contributed by atoms with Crippen LogP contribution in [0.2, 0.25) is 0 Å². The van der Waals surface area contributed by atoms with E-state index in [-0.39, 0.29) is 11.8 Å². The Hall–Kier alpha value is -1.55. The van der Waals surface area contributed by atoms with Crippen LogP contribution in [0.3, 0.4) is 0 Å². The molecule has 1 unspecified atom stereocenters. The van der Waals surface area contributed by atoms with Crippen LogP contribution in [-0.4, -0.2) is 38.5 Å². The first-order chi connectivity index (χ1) is 9.49. The summed E-state index contributed by atoms with van der Waals surface area (Å²) in [5.41, 5.74) is 7.99. The number of anilines is 1. The number of hydrogen-bond acceptors (Lipinski definition) is 3. The quantitative estimate of drug-likeness (QED) is 0.830. The Morgan fingerprint density at radius 2 is 1.80 bits per heavy atom. The highest BCUT2D eigenvalue weighted by Gasteiger charge is 2.19. The number of benzene rings is 1. The lowest BCUT2D eigenvalue weighted by Gasteiger charge is -2.23. The van der Waals surface area contributed by atoms with Gasteiger partial charge in [0.25, 0.3) is 0 Å². The van der Waals surface area contributed by atoms with Crippen LogP contribution in [0.15, 0.2) is 24.3 Å². The first-order valence-electron chi connectivity index (χ1n) is 7.20. The molecule has 0 radical (unpaired) electrons. The van der Waals surface area contributed by atoms with Crippen molar-refractivity contribution in [1.29, 1.82) is 0 Å². The maximum Gasteiger partial charge on any atom is 0.226 e. The third-order valence-corrected chi connectivity index (χ3v) is 3.52. The van der Waals surface area contributed by atoms with Crippen molar-refractivity contribution in [2.24, 2.45) is 11.7 Å². The van der Waals surface area contributed by atoms with Gasteiger partial charge < -0.3 is 15.5 Å². The van der Waals surface area contributed by atoms with Crippen LogP contribution in [0.4, 0.5) is 5.69 Å². The molecular formula is C16H27N3O. The van der Waals surface area contributed by atoms with Gasteiger partial charge in [0.2, 0.25) is 5.91 Å². The molecule has 0 spiro atoms. The molecule has 1 amide bonds. The molecule has 1 atom stereocenters. The lowest BCUT2D eigenvalue weighted by molar-refractivity contribution is -0.134. The summed E-state index contributed by atoms with van der Waals surface area (Å²) in [5.74, 6) is 0.0945. The van der Waals surface area contributed by atoms with Gasteiger partial charge >= 0.3 is 0 Å². The summed E-state index contributed by atoms with van der Waals surface area (Å²) < 4.78 is 0. The van der Waals surface area contributed by atoms with Crippen molar-refractivity contribution in [2.75, 3.05) is 32.6 Å². The summed E-state index contributed by atoms with van der Waals surface area (Å²) in [6.45, 7) is 3.14. The molecule has 4 heteroatoms. The molecule has 0 saturated heterocycles. The van der Waals surface area contributed by atoms with E-state index in [1.165, 1.54) is 0 Å². The Morgan fingerprint density at radius 3 is 2.25 bits per heavy atom. The normalized spacial score (nSPS) is 12.1. The third kappa shape index (κ3) is 4.53. The van der Waals surface area contributed by atoms with E-state index in [0.29, 0.717) is 13.1 Å². The second-order valence-corrected chi connectivity index (χ2v) is 5.48. The molecule has 0 fully saturated rings. The summed E-state index contributed by atoms with van der Waals surface area (Å²) in [7, 11) is 5.88. The maximum atomic E-state index is 12.3. The Morgan fingerprint density at radius 1 is 1.20 bits per heavy atom. The maximum absolute atomic E-state index is 12.3. The molecule has 1 aromatic carbocycles. The van der Waals surface area contributed by atoms with Crippen molar-refractivity contribution in [3.05, 3.63) is 29.8 Å². The van der Waals surface area contributed by atoms with Gasteiger partial charge in [0.1, 0.15) is 0 Å². The smallest absolute Gasteiger partial charge is 0.226 e. The van der Waals surface area contributed by atoms with Crippen LogP contribution >= 0.6 is 0 Å². The number of carbonyl (C=O) groups is 1. The van der Waals surface area contributed by atoms with Gasteiger partial charge in [-0.3, -0.25) is 4.79 Å². The first kappa shape index (κ1) is 16.5. The van der Waals surface area contributed by atoms with Crippen LogP contribution in [0.1, 0.15) is 25.3 Å². The summed E-state index contributed by atoms with van der Waals surface area (Å²) in [6.07, 6.45) is 1.85. The predicted molar refractivity (Wildman–Crippen MR) is 84.7 cm³/mol. The van der Waals surface area contributed by atoms with Crippen LogP contribution in [0.5, 0.6) is 0 Å². The zero-order chi connectivity index (χ0) is 15.1. The predicted octanol–water partition coefficient (Wildman–Crippen LogP) is 2.09. The minimum Gasteiger partial charge on any atom is -0.378 e. The van der Waals surface area contributed by atoms with Crippen LogP contribution < -0.4 is 10.6 Å². The molecular weight excluding hydrogens is 250 g/mol. The minimum atomic E-state index is -0.0500. The van der Waals surface area contributed by atoms with Crippen molar-refractivity contribution in [2.45, 2.75) is 26.3 Å². The molecule has 0 aliphatic carbocycles. The van der Waals surface area contributed by atoms with Gasteiger partial charge in [0, 0.05) is 39.9 Å². The van der Waals surface area contributed by atoms with Crippen molar-refractivity contribution < 1.29 is 4.79 Å². The van der Waals surface area contributed by atoms with E-state index < -0.39 is 0 Å². The van der Waals surface area contributed by atoms with Crippen LogP contribution in [0, 0.1) is 5.92 Å². The van der Waals surface area contributed by atoms with Crippen LogP contribution in [0.25, 0.3) is 0 Å². The first-order valence-corrected chi connectivity index (χ1v) is 7.20. The fraction of sp³-hybridized carbons (Fsp3) is 0.562. The van der Waals surface area contributed by atoms with Crippen molar-refractivity contribution in [3.63, 3.8) is 0 Å². The van der Waals surface area contributed by atoms with Crippen molar-refractivity contribution >= 4 is 11.6 Å². The monoisotopic (exact) mass is 277 g/mol. The molecule has 0 saturated carbocycles. The average Bonchev–Trinajstić information content (AvgIpc) is 2.44. The highest BCUT2D eigenvalue weighted by molar-refractivity contribution is 5.78. The van der Waals surface area contributed by atoms with Crippen LogP contribution in [-0.2, 0) is 11.3 Å². The van der Waals surface area contributed by atoms with E-state index in [1.54, 1.807) is 4.90 Å². The lowest BCUT2D eigenvalue weighted by atomic mass is 10.0. The Labute approximate surface area is 122 Å². The van der Waals surface area contributed by atoms with Gasteiger partial charge in [-0.15, -0.1) is 0 Å². The highest BCUT2D eigenvalue weighted by Crippen LogP contribution is 2.15. The molecule has 2 N–H and O–H groups in total. The van der Waals surface area contributed by atoms with Gasteiger partial charge in [-0.2, -0.15) is 0 Å². The molecule has 20 heavy (non-hydrogen) atoms. The molecule has 0 aliphatic rings. The second-order valence-electron chi connectivity index (χ2n) is 5.48. The number of carbonyl (C=O) groups excluding carboxylic acids is 1. The minimum absolute atomic E-state index is 0.0500. The molecule has 0 aromatic heterocycles. The number of nitrogens with two attached hydrogens (primary N) is 1. The van der Waals surface area contributed by atoms with E-state index in [1.807, 2.05) is 21.1 Å². The topological polar surface area (TPSA) is 49.6 Å². The SMILES string of the molecule is CCCC(CN)C(=O)N(C)Cc1ccc(N(C)C)cc1. The fourth-order valence-electron chi connectivity index (χ4n) is 2.25. The standard InChI is InChI=1S/C16H27N3O/c1-5-6-14(11-17)16(20)19(4)12-13-7-9-15(10-8-13)18(2)3/h7-10,14H,5-6,11-12,17H2,1-4H3. The zero-order valence-corrected chi connectivity index (χ0v) is 13.1. The molecule has 0 heterocycles. The largest absolute Gasteiger partial charge is 0.378 e. The van der Waals surface area contributed by atoms with Gasteiger partial charge in [-0.05, 0) is 24.1 Å². The van der Waals surface area contributed by atoms with Gasteiger partial charge in [0.05, 0.1) is 5.92 Å². The van der Waals surface area contributed by atoms with Gasteiger partial charge in [-0.1, -0.05) is 25.5 Å². The number of amides is 1. The highest BCUT2D eigenvalue weighted by atomic mass is 16.2. The molecule has 0 bridgehead atoms. The second kappa shape index (κ2) is 7.90. The van der Waals surface area contributed by atoms with Crippen molar-refractivity contribution in [1.82, 2.24) is 4.90 Å². The third-order valence-electron chi connectivity index (χ3n) is 3.52. The van der Waals surface area contributed by atoms with E-state index in [2.05, 4.69) is 36.1 Å². The van der Waals surface area contributed by atoms with Crippen molar-refractivity contribution in [3.8, 4) is 0 Å². The fourth-order valence-corrected chi connectivity index (χ4v) is 2.25. The van der Waals surface area contributed by atoms with Gasteiger partial charge in [0.15, 0.2) is 0 Å². The number of hydrogen-bond donors (Lipinski definition) is 1. The summed E-state index contributed by atoms with van der Waals surface area (Å²) in [6, 6.07) is 8.27. The number of nitrogens with zero attached hydrogens (tertiary/aromatic N) is 2. The van der Waals surface area contributed by atoms with E-state index in [0.717, 1.165) is 24.1 Å². The average molecular weight is 277 g/mol. The summed E-state index contributed by atoms with van der Waals surface area (Å²) in [4.78, 5) is 16.1. The molecule has 4 nitrogen and oxygen atoms in total. The Balaban J connectivity index is 2.65. The summed E-state index contributed by atoms with van der Waals surface area (Å²) in [5, 5.41) is 0. The van der Waals surface area contributed by atoms with E-state index in [4.69, 9.17) is 5.73 Å². The molecule has 0 aliphatic heterocycles. The van der Waals surface area contributed by atoms with E-state index in [9.17, 15) is 4.79 Å². The summed E-state index contributed by atoms with van der Waals surface area (Å²) >= 11 is 0.